The molecule has 90 valence electrons. The summed E-state index contributed by atoms with van der Waals surface area (Å²) in [7, 11) is 1.66. The van der Waals surface area contributed by atoms with Gasteiger partial charge >= 0.3 is 0 Å². The largest absolute Gasteiger partial charge is 0.398 e. The van der Waals surface area contributed by atoms with Crippen molar-refractivity contribution in [2.75, 3.05) is 19.3 Å². The van der Waals surface area contributed by atoms with Crippen LogP contribution in [0.5, 0.6) is 0 Å². The van der Waals surface area contributed by atoms with Gasteiger partial charge in [0.1, 0.15) is 0 Å². The lowest BCUT2D eigenvalue weighted by Crippen LogP contribution is -2.31. The number of anilines is 1. The van der Waals surface area contributed by atoms with Gasteiger partial charge in [0.25, 0.3) is 5.91 Å². The number of nitrogens with zero attached hydrogens (tertiary/aromatic N) is 2. The van der Waals surface area contributed by atoms with E-state index in [1.807, 2.05) is 0 Å². The molecular weight excluding hydrogens is 282 g/mol. The van der Waals surface area contributed by atoms with Crippen LogP contribution in [0.1, 0.15) is 17.3 Å². The maximum atomic E-state index is 12.1. The molecule has 1 aromatic carbocycles. The normalized spacial score (nSPS) is 11.6. The standard InChI is InChI=1S/C12H14BrN3O/c1-8(6-14)7-16(2)12(17)10-5-9(13)3-4-11(10)15/h3-5,8H,7,15H2,1-2H3. The Balaban J connectivity index is 2.89. The molecule has 0 aliphatic heterocycles. The van der Waals surface area contributed by atoms with Crippen molar-refractivity contribution >= 4 is 27.5 Å². The summed E-state index contributed by atoms with van der Waals surface area (Å²) >= 11 is 3.30. The number of hydrogen-bond acceptors (Lipinski definition) is 3. The van der Waals surface area contributed by atoms with Gasteiger partial charge in [0.15, 0.2) is 0 Å². The van der Waals surface area contributed by atoms with E-state index in [1.54, 1.807) is 32.2 Å². The van der Waals surface area contributed by atoms with Gasteiger partial charge in [-0.25, -0.2) is 0 Å². The minimum absolute atomic E-state index is 0.175. The number of hydrogen-bond donors (Lipinski definition) is 1. The fraction of sp³-hybridized carbons (Fsp3) is 0.333. The van der Waals surface area contributed by atoms with Gasteiger partial charge in [-0.2, -0.15) is 5.26 Å². The van der Waals surface area contributed by atoms with Crippen LogP contribution < -0.4 is 5.73 Å². The van der Waals surface area contributed by atoms with Crippen molar-refractivity contribution in [2.45, 2.75) is 6.92 Å². The topological polar surface area (TPSA) is 70.1 Å². The molecule has 5 heteroatoms. The van der Waals surface area contributed by atoms with Crippen molar-refractivity contribution in [1.29, 1.82) is 5.26 Å². The van der Waals surface area contributed by atoms with Gasteiger partial charge in [-0.05, 0) is 25.1 Å². The average Bonchev–Trinajstić information content (AvgIpc) is 2.31. The first kappa shape index (κ1) is 13.5. The molecule has 0 aromatic heterocycles. The Bertz CT molecular complexity index is 467. The van der Waals surface area contributed by atoms with Crippen LogP contribution in [0.2, 0.25) is 0 Å². The van der Waals surface area contributed by atoms with Crippen molar-refractivity contribution < 1.29 is 4.79 Å². The van der Waals surface area contributed by atoms with Crippen LogP contribution in [-0.2, 0) is 0 Å². The Kier molecular flexibility index (Phi) is 4.53. The molecule has 1 rings (SSSR count). The Morgan fingerprint density at radius 2 is 2.29 bits per heavy atom. The number of rotatable bonds is 3. The van der Waals surface area contributed by atoms with Gasteiger partial charge in [-0.1, -0.05) is 15.9 Å². The minimum atomic E-state index is -0.197. The number of amides is 1. The number of halogens is 1. The fourth-order valence-electron chi connectivity index (χ4n) is 1.45. The molecule has 0 spiro atoms. The molecule has 0 heterocycles. The van der Waals surface area contributed by atoms with Crippen molar-refractivity contribution in [1.82, 2.24) is 4.90 Å². The van der Waals surface area contributed by atoms with Crippen molar-refractivity contribution in [3.05, 3.63) is 28.2 Å². The maximum absolute atomic E-state index is 12.1. The van der Waals surface area contributed by atoms with Crippen molar-refractivity contribution in [3.8, 4) is 6.07 Å². The number of carbonyl (C=O) groups is 1. The highest BCUT2D eigenvalue weighted by molar-refractivity contribution is 9.10. The second kappa shape index (κ2) is 5.69. The first-order chi connectivity index (χ1) is 7.95. The highest BCUT2D eigenvalue weighted by atomic mass is 79.9. The summed E-state index contributed by atoms with van der Waals surface area (Å²) in [5, 5.41) is 8.71. The fourth-order valence-corrected chi connectivity index (χ4v) is 1.81. The second-order valence-electron chi connectivity index (χ2n) is 3.95. The third-order valence-corrected chi connectivity index (χ3v) is 2.85. The third-order valence-electron chi connectivity index (χ3n) is 2.36. The molecule has 0 bridgehead atoms. The van der Waals surface area contributed by atoms with Gasteiger partial charge < -0.3 is 10.6 Å². The predicted molar refractivity (Wildman–Crippen MR) is 70.3 cm³/mol. The van der Waals surface area contributed by atoms with Crippen LogP contribution in [-0.4, -0.2) is 24.4 Å². The van der Waals surface area contributed by atoms with Gasteiger partial charge in [0, 0.05) is 23.8 Å². The Morgan fingerprint density at radius 1 is 1.65 bits per heavy atom. The third kappa shape index (κ3) is 3.46. The Labute approximate surface area is 109 Å². The van der Waals surface area contributed by atoms with Crippen LogP contribution >= 0.6 is 15.9 Å². The van der Waals surface area contributed by atoms with E-state index in [1.165, 1.54) is 4.90 Å². The van der Waals surface area contributed by atoms with Crippen molar-refractivity contribution in [2.24, 2.45) is 5.92 Å². The molecule has 2 N–H and O–H groups in total. The summed E-state index contributed by atoms with van der Waals surface area (Å²) in [4.78, 5) is 13.6. The summed E-state index contributed by atoms with van der Waals surface area (Å²) < 4.78 is 0.803. The molecule has 17 heavy (non-hydrogen) atoms. The van der Waals surface area contributed by atoms with Crippen LogP contribution in [0.25, 0.3) is 0 Å². The molecule has 0 saturated heterocycles. The lowest BCUT2D eigenvalue weighted by atomic mass is 10.1. The molecule has 1 aromatic rings. The van der Waals surface area contributed by atoms with E-state index in [2.05, 4.69) is 22.0 Å². The molecule has 0 saturated carbocycles. The van der Waals surface area contributed by atoms with E-state index in [0.717, 1.165) is 4.47 Å². The van der Waals surface area contributed by atoms with E-state index in [9.17, 15) is 4.79 Å². The molecule has 4 nitrogen and oxygen atoms in total. The van der Waals surface area contributed by atoms with Crippen LogP contribution in [0.4, 0.5) is 5.69 Å². The monoisotopic (exact) mass is 295 g/mol. The zero-order valence-corrected chi connectivity index (χ0v) is 11.4. The van der Waals surface area contributed by atoms with Gasteiger partial charge in [-0.3, -0.25) is 4.79 Å². The zero-order chi connectivity index (χ0) is 13.0. The summed E-state index contributed by atoms with van der Waals surface area (Å²) in [6.45, 7) is 2.16. The molecule has 1 unspecified atom stereocenters. The molecule has 0 radical (unpaired) electrons. The summed E-state index contributed by atoms with van der Waals surface area (Å²) in [5.41, 5.74) is 6.65. The van der Waals surface area contributed by atoms with E-state index >= 15 is 0 Å². The molecule has 0 aliphatic rings. The van der Waals surface area contributed by atoms with Crippen LogP contribution in [0, 0.1) is 17.2 Å². The zero-order valence-electron chi connectivity index (χ0n) is 9.77. The lowest BCUT2D eigenvalue weighted by Gasteiger charge is -2.19. The summed E-state index contributed by atoms with van der Waals surface area (Å²) in [5.74, 6) is -0.372. The molecular formula is C12H14BrN3O. The predicted octanol–water partition coefficient (Wildman–Crippen LogP) is 2.26. The number of nitrogens with two attached hydrogens (primary N) is 1. The quantitative estimate of drug-likeness (QED) is 0.870. The SMILES string of the molecule is CC(C#N)CN(C)C(=O)c1cc(Br)ccc1N. The first-order valence-corrected chi connectivity index (χ1v) is 5.95. The van der Waals surface area contributed by atoms with Crippen molar-refractivity contribution in [3.63, 3.8) is 0 Å². The highest BCUT2D eigenvalue weighted by Crippen LogP contribution is 2.20. The maximum Gasteiger partial charge on any atom is 0.255 e. The van der Waals surface area contributed by atoms with Gasteiger partial charge in [0.05, 0.1) is 17.6 Å². The van der Waals surface area contributed by atoms with Crippen LogP contribution in [0.3, 0.4) is 0 Å². The molecule has 1 atom stereocenters. The van der Waals surface area contributed by atoms with E-state index in [0.29, 0.717) is 17.8 Å². The number of nitrogen functional groups attached to an aromatic ring is 1. The molecule has 0 aliphatic carbocycles. The highest BCUT2D eigenvalue weighted by Gasteiger charge is 2.16. The number of benzene rings is 1. The van der Waals surface area contributed by atoms with Gasteiger partial charge in [0.2, 0.25) is 0 Å². The Morgan fingerprint density at radius 3 is 2.88 bits per heavy atom. The average molecular weight is 296 g/mol. The minimum Gasteiger partial charge on any atom is -0.398 e. The second-order valence-corrected chi connectivity index (χ2v) is 4.86. The number of nitriles is 1. The van der Waals surface area contributed by atoms with Gasteiger partial charge in [-0.15, -0.1) is 0 Å². The lowest BCUT2D eigenvalue weighted by molar-refractivity contribution is 0.0786. The van der Waals surface area contributed by atoms with E-state index < -0.39 is 0 Å². The smallest absolute Gasteiger partial charge is 0.255 e. The Hall–Kier alpha value is -1.54. The van der Waals surface area contributed by atoms with Crippen LogP contribution in [0.15, 0.2) is 22.7 Å². The number of carbonyl (C=O) groups excluding carboxylic acids is 1. The van der Waals surface area contributed by atoms with E-state index in [-0.39, 0.29) is 11.8 Å². The summed E-state index contributed by atoms with van der Waals surface area (Å²) in [6.07, 6.45) is 0. The summed E-state index contributed by atoms with van der Waals surface area (Å²) in [6, 6.07) is 7.24. The van der Waals surface area contributed by atoms with E-state index in [4.69, 9.17) is 11.0 Å². The molecule has 1 amide bonds. The molecule has 0 fully saturated rings. The first-order valence-electron chi connectivity index (χ1n) is 5.15.